The van der Waals surface area contributed by atoms with E-state index < -0.39 is 22.1 Å². The van der Waals surface area contributed by atoms with Crippen LogP contribution >= 0.6 is 0 Å². The van der Waals surface area contributed by atoms with E-state index in [1.54, 1.807) is 0 Å². The molecule has 0 radical (unpaired) electrons. The lowest BCUT2D eigenvalue weighted by molar-refractivity contribution is -0.274. The van der Waals surface area contributed by atoms with Crippen LogP contribution < -0.4 is 4.74 Å². The molecule has 1 amide bonds. The van der Waals surface area contributed by atoms with E-state index >= 15 is 0 Å². The molecule has 0 bridgehead atoms. The number of alkyl halides is 3. The zero-order valence-electron chi connectivity index (χ0n) is 18.0. The number of piperidine rings is 1. The van der Waals surface area contributed by atoms with Gasteiger partial charge in [0.05, 0.1) is 4.90 Å². The van der Waals surface area contributed by atoms with Crippen molar-refractivity contribution in [2.24, 2.45) is 5.92 Å². The molecule has 31 heavy (non-hydrogen) atoms. The SMILES string of the molecule is CCCCN(CCCC)C(=O)C1CCN(S(=O)(=O)c2cccc(OC(F)(F)F)c2)CC1. The first-order chi connectivity index (χ1) is 14.6. The Hall–Kier alpha value is -1.81. The standard InChI is InChI=1S/C21H31F3N2O4S/c1-3-5-12-25(13-6-4-2)20(27)17-10-14-26(15-11-17)31(28,29)19-9-7-8-18(16-19)30-21(22,23)24/h7-9,16-17H,3-6,10-15H2,1-2H3. The van der Waals surface area contributed by atoms with Crippen LogP contribution in [0.2, 0.25) is 0 Å². The van der Waals surface area contributed by atoms with Crippen LogP contribution in [0.25, 0.3) is 0 Å². The predicted octanol–water partition coefficient (Wildman–Crippen LogP) is 4.41. The second-order valence-electron chi connectivity index (χ2n) is 7.73. The van der Waals surface area contributed by atoms with E-state index in [4.69, 9.17) is 0 Å². The number of halogens is 3. The molecule has 1 saturated heterocycles. The normalized spacial score (nSPS) is 16.3. The van der Waals surface area contributed by atoms with Crippen molar-refractivity contribution < 1.29 is 31.1 Å². The third-order valence-electron chi connectivity index (χ3n) is 5.35. The van der Waals surface area contributed by atoms with Crippen LogP contribution in [0.15, 0.2) is 29.2 Å². The quantitative estimate of drug-likeness (QED) is 0.514. The summed E-state index contributed by atoms with van der Waals surface area (Å²) in [6, 6.07) is 4.38. The Morgan fingerprint density at radius 2 is 1.71 bits per heavy atom. The van der Waals surface area contributed by atoms with Gasteiger partial charge in [0.15, 0.2) is 0 Å². The number of amides is 1. The summed E-state index contributed by atoms with van der Waals surface area (Å²) in [6.07, 6.45) is -0.273. The average Bonchev–Trinajstić information content (AvgIpc) is 2.72. The second-order valence-corrected chi connectivity index (χ2v) is 9.67. The van der Waals surface area contributed by atoms with Crippen LogP contribution in [0, 0.1) is 5.92 Å². The second kappa shape index (κ2) is 11.2. The molecule has 0 unspecified atom stereocenters. The predicted molar refractivity (Wildman–Crippen MR) is 111 cm³/mol. The molecule has 0 atom stereocenters. The molecule has 0 N–H and O–H groups in total. The zero-order chi connectivity index (χ0) is 23.1. The van der Waals surface area contributed by atoms with E-state index in [1.807, 2.05) is 4.90 Å². The molecule has 0 saturated carbocycles. The summed E-state index contributed by atoms with van der Waals surface area (Å²) in [5, 5.41) is 0. The van der Waals surface area contributed by atoms with Crippen molar-refractivity contribution in [2.45, 2.75) is 63.6 Å². The number of unbranched alkanes of at least 4 members (excludes halogenated alkanes) is 2. The number of carbonyl (C=O) groups excluding carboxylic acids is 1. The van der Waals surface area contributed by atoms with Gasteiger partial charge in [-0.05, 0) is 37.8 Å². The topological polar surface area (TPSA) is 66.9 Å². The number of sulfonamides is 1. The molecule has 176 valence electrons. The van der Waals surface area contributed by atoms with Crippen molar-refractivity contribution in [3.8, 4) is 5.75 Å². The van der Waals surface area contributed by atoms with Crippen LogP contribution in [0.4, 0.5) is 13.2 Å². The number of nitrogens with zero attached hydrogens (tertiary/aromatic N) is 2. The summed E-state index contributed by atoms with van der Waals surface area (Å²) in [4.78, 5) is 14.6. The number of hydrogen-bond acceptors (Lipinski definition) is 4. The van der Waals surface area contributed by atoms with Crippen molar-refractivity contribution in [2.75, 3.05) is 26.2 Å². The van der Waals surface area contributed by atoms with Crippen molar-refractivity contribution in [3.63, 3.8) is 0 Å². The molecule has 1 heterocycles. The molecular formula is C21H31F3N2O4S. The van der Waals surface area contributed by atoms with Crippen LogP contribution in [-0.2, 0) is 14.8 Å². The van der Waals surface area contributed by atoms with E-state index in [2.05, 4.69) is 18.6 Å². The smallest absolute Gasteiger partial charge is 0.406 e. The van der Waals surface area contributed by atoms with Crippen LogP contribution in [0.5, 0.6) is 5.75 Å². The molecule has 10 heteroatoms. The van der Waals surface area contributed by atoms with Crippen molar-refractivity contribution in [1.29, 1.82) is 0 Å². The Morgan fingerprint density at radius 3 is 2.23 bits per heavy atom. The lowest BCUT2D eigenvalue weighted by atomic mass is 9.96. The van der Waals surface area contributed by atoms with Gasteiger partial charge in [-0.2, -0.15) is 4.31 Å². The molecule has 1 aromatic rings. The molecule has 1 aromatic carbocycles. The van der Waals surface area contributed by atoms with Crippen molar-refractivity contribution >= 4 is 15.9 Å². The summed E-state index contributed by atoms with van der Waals surface area (Å²) < 4.78 is 68.2. The lowest BCUT2D eigenvalue weighted by Crippen LogP contribution is -2.44. The fourth-order valence-electron chi connectivity index (χ4n) is 3.61. The van der Waals surface area contributed by atoms with Crippen LogP contribution in [0.3, 0.4) is 0 Å². The molecule has 1 aliphatic rings. The first-order valence-electron chi connectivity index (χ1n) is 10.7. The first-order valence-corrected chi connectivity index (χ1v) is 12.2. The Labute approximate surface area is 182 Å². The van der Waals surface area contributed by atoms with Gasteiger partial charge in [0.2, 0.25) is 15.9 Å². The monoisotopic (exact) mass is 464 g/mol. The van der Waals surface area contributed by atoms with Gasteiger partial charge in [-0.15, -0.1) is 13.2 Å². The Kier molecular flexibility index (Phi) is 9.17. The number of hydrogen-bond donors (Lipinski definition) is 0. The Bertz CT molecular complexity index is 814. The van der Waals surface area contributed by atoms with E-state index in [0.29, 0.717) is 25.9 Å². The number of rotatable bonds is 10. The minimum atomic E-state index is -4.90. The molecule has 1 fully saturated rings. The molecule has 1 aliphatic heterocycles. The highest BCUT2D eigenvalue weighted by Crippen LogP contribution is 2.29. The summed E-state index contributed by atoms with van der Waals surface area (Å²) >= 11 is 0. The van der Waals surface area contributed by atoms with Crippen molar-refractivity contribution in [1.82, 2.24) is 9.21 Å². The zero-order valence-corrected chi connectivity index (χ0v) is 18.8. The van der Waals surface area contributed by atoms with Gasteiger partial charge < -0.3 is 9.64 Å². The average molecular weight is 465 g/mol. The maximum atomic E-state index is 12.9. The van der Waals surface area contributed by atoms with Gasteiger partial charge in [0, 0.05) is 38.2 Å². The van der Waals surface area contributed by atoms with E-state index in [-0.39, 0.29) is 29.8 Å². The summed E-state index contributed by atoms with van der Waals surface area (Å²) in [5.41, 5.74) is 0. The number of carbonyl (C=O) groups is 1. The van der Waals surface area contributed by atoms with Gasteiger partial charge in [0.25, 0.3) is 0 Å². The van der Waals surface area contributed by atoms with Gasteiger partial charge in [0.1, 0.15) is 5.75 Å². The summed E-state index contributed by atoms with van der Waals surface area (Å²) in [5.74, 6) is -0.749. The van der Waals surface area contributed by atoms with E-state index in [0.717, 1.165) is 37.8 Å². The van der Waals surface area contributed by atoms with E-state index in [9.17, 15) is 26.4 Å². The molecule has 0 aliphatic carbocycles. The van der Waals surface area contributed by atoms with Gasteiger partial charge in [-0.25, -0.2) is 8.42 Å². The Morgan fingerprint density at radius 1 is 1.13 bits per heavy atom. The maximum absolute atomic E-state index is 12.9. The van der Waals surface area contributed by atoms with E-state index in [1.165, 1.54) is 16.4 Å². The third-order valence-corrected chi connectivity index (χ3v) is 7.25. The van der Waals surface area contributed by atoms with Gasteiger partial charge in [-0.1, -0.05) is 32.8 Å². The lowest BCUT2D eigenvalue weighted by Gasteiger charge is -2.34. The molecule has 6 nitrogen and oxygen atoms in total. The Balaban J connectivity index is 2.04. The fourth-order valence-corrected chi connectivity index (χ4v) is 5.12. The maximum Gasteiger partial charge on any atom is 0.573 e. The molecular weight excluding hydrogens is 433 g/mol. The highest BCUT2D eigenvalue weighted by molar-refractivity contribution is 7.89. The molecule has 0 spiro atoms. The minimum Gasteiger partial charge on any atom is -0.406 e. The summed E-state index contributed by atoms with van der Waals surface area (Å²) in [7, 11) is -3.98. The number of ether oxygens (including phenoxy) is 1. The van der Waals surface area contributed by atoms with Crippen LogP contribution in [-0.4, -0.2) is 56.1 Å². The highest BCUT2D eigenvalue weighted by atomic mass is 32.2. The molecule has 2 rings (SSSR count). The van der Waals surface area contributed by atoms with Crippen LogP contribution in [0.1, 0.15) is 52.4 Å². The van der Waals surface area contributed by atoms with Gasteiger partial charge >= 0.3 is 6.36 Å². The fraction of sp³-hybridized carbons (Fsp3) is 0.667. The molecule has 0 aromatic heterocycles. The highest BCUT2D eigenvalue weighted by Gasteiger charge is 2.35. The van der Waals surface area contributed by atoms with Gasteiger partial charge in [-0.3, -0.25) is 4.79 Å². The minimum absolute atomic E-state index is 0.0690. The first kappa shape index (κ1) is 25.5. The number of benzene rings is 1. The summed E-state index contributed by atoms with van der Waals surface area (Å²) in [6.45, 7) is 5.86. The van der Waals surface area contributed by atoms with Crippen molar-refractivity contribution in [3.05, 3.63) is 24.3 Å². The third kappa shape index (κ3) is 7.38. The largest absolute Gasteiger partial charge is 0.573 e.